The van der Waals surface area contributed by atoms with Crippen molar-refractivity contribution in [3.8, 4) is 11.1 Å². The molecule has 126 valence electrons. The molecule has 2 aromatic carbocycles. The Labute approximate surface area is 158 Å². The smallest absolute Gasteiger partial charge is 0.299 e. The van der Waals surface area contributed by atoms with Crippen LogP contribution in [0.25, 0.3) is 11.1 Å². The van der Waals surface area contributed by atoms with Crippen molar-refractivity contribution in [3.63, 3.8) is 0 Å². The van der Waals surface area contributed by atoms with Crippen LogP contribution in [0, 0.1) is 0 Å². The van der Waals surface area contributed by atoms with Gasteiger partial charge in [-0.05, 0) is 29.3 Å². The second-order valence-corrected chi connectivity index (χ2v) is 6.80. The average molecular weight is 391 g/mol. The third kappa shape index (κ3) is 4.20. The van der Waals surface area contributed by atoms with Crippen molar-refractivity contribution in [1.82, 2.24) is 5.32 Å². The molecular formula is C18H12Cl2N2O2S. The molecule has 0 aliphatic heterocycles. The predicted molar refractivity (Wildman–Crippen MR) is 103 cm³/mol. The number of thiophene rings is 1. The molecule has 0 radical (unpaired) electrons. The Morgan fingerprint density at radius 2 is 1.56 bits per heavy atom. The number of halogens is 2. The van der Waals surface area contributed by atoms with Gasteiger partial charge in [0.2, 0.25) is 0 Å². The van der Waals surface area contributed by atoms with Gasteiger partial charge in [-0.25, -0.2) is 4.79 Å². The van der Waals surface area contributed by atoms with Crippen LogP contribution in [0.3, 0.4) is 0 Å². The summed E-state index contributed by atoms with van der Waals surface area (Å²) < 4.78 is 0. The Morgan fingerprint density at radius 3 is 2.24 bits per heavy atom. The van der Waals surface area contributed by atoms with E-state index < -0.39 is 11.9 Å². The van der Waals surface area contributed by atoms with E-state index in [1.807, 2.05) is 41.8 Å². The Kier molecular flexibility index (Phi) is 5.38. The van der Waals surface area contributed by atoms with Gasteiger partial charge < -0.3 is 0 Å². The molecule has 4 nitrogen and oxygen atoms in total. The monoisotopic (exact) mass is 390 g/mol. The summed E-state index contributed by atoms with van der Waals surface area (Å²) in [6.07, 6.45) is 0. The fourth-order valence-electron chi connectivity index (χ4n) is 2.21. The zero-order chi connectivity index (χ0) is 17.8. The maximum absolute atomic E-state index is 12.2. The van der Waals surface area contributed by atoms with Crippen LogP contribution in [0.2, 0.25) is 10.0 Å². The number of urea groups is 1. The van der Waals surface area contributed by atoms with Gasteiger partial charge >= 0.3 is 6.03 Å². The highest BCUT2D eigenvalue weighted by molar-refractivity contribution is 7.14. The number of nitrogens with one attached hydrogen (secondary N) is 2. The van der Waals surface area contributed by atoms with E-state index in [-0.39, 0.29) is 15.6 Å². The molecule has 7 heteroatoms. The minimum Gasteiger partial charge on any atom is -0.299 e. The third-order valence-corrected chi connectivity index (χ3v) is 4.84. The van der Waals surface area contributed by atoms with Crippen LogP contribution in [0.5, 0.6) is 0 Å². The van der Waals surface area contributed by atoms with Crippen molar-refractivity contribution >= 4 is 51.5 Å². The number of benzene rings is 2. The third-order valence-electron chi connectivity index (χ3n) is 3.36. The number of imide groups is 1. The average Bonchev–Trinajstić information content (AvgIpc) is 3.03. The van der Waals surface area contributed by atoms with Crippen LogP contribution in [0.15, 0.2) is 60.0 Å². The van der Waals surface area contributed by atoms with E-state index >= 15 is 0 Å². The highest BCUT2D eigenvalue weighted by atomic mass is 35.5. The number of anilines is 1. The fourth-order valence-corrected chi connectivity index (χ4v) is 3.58. The van der Waals surface area contributed by atoms with Gasteiger partial charge in [-0.15, -0.1) is 11.3 Å². The lowest BCUT2D eigenvalue weighted by molar-refractivity contribution is 0.0967. The standard InChI is InChI=1S/C18H12Cl2N2O2S/c19-13-7-4-8-14(20)16(13)17(23)22-18(24)21-15-9-12(10-25-15)11-5-2-1-3-6-11/h1-10H,(H2,21,22,23,24). The van der Waals surface area contributed by atoms with E-state index in [1.54, 1.807) is 6.07 Å². The molecule has 0 atom stereocenters. The Balaban J connectivity index is 1.67. The Bertz CT molecular complexity index is 906. The van der Waals surface area contributed by atoms with Crippen LogP contribution in [-0.4, -0.2) is 11.9 Å². The van der Waals surface area contributed by atoms with Crippen molar-refractivity contribution in [2.75, 3.05) is 5.32 Å². The second kappa shape index (κ2) is 7.70. The van der Waals surface area contributed by atoms with Gasteiger partial charge in [0.15, 0.2) is 0 Å². The summed E-state index contributed by atoms with van der Waals surface area (Å²) in [7, 11) is 0. The van der Waals surface area contributed by atoms with E-state index in [9.17, 15) is 9.59 Å². The molecule has 3 amide bonds. The van der Waals surface area contributed by atoms with E-state index in [0.29, 0.717) is 5.00 Å². The SMILES string of the molecule is O=C(NC(=O)c1c(Cl)cccc1Cl)Nc1cc(-c2ccccc2)cs1. The number of amides is 3. The summed E-state index contributed by atoms with van der Waals surface area (Å²) in [5.74, 6) is -0.659. The molecule has 0 unspecified atom stereocenters. The van der Waals surface area contributed by atoms with E-state index in [1.165, 1.54) is 23.5 Å². The zero-order valence-corrected chi connectivity index (χ0v) is 15.1. The molecule has 0 bridgehead atoms. The largest absolute Gasteiger partial charge is 0.326 e. The van der Waals surface area contributed by atoms with Crippen molar-refractivity contribution in [3.05, 3.63) is 75.6 Å². The highest BCUT2D eigenvalue weighted by Gasteiger charge is 2.17. The minimum absolute atomic E-state index is 0.0668. The van der Waals surface area contributed by atoms with Crippen LogP contribution >= 0.6 is 34.5 Å². The number of carbonyl (C=O) groups excluding carboxylic acids is 2. The lowest BCUT2D eigenvalue weighted by Crippen LogP contribution is -2.34. The molecule has 0 spiro atoms. The maximum Gasteiger partial charge on any atom is 0.326 e. The Hall–Kier alpha value is -2.34. The number of carbonyl (C=O) groups is 2. The van der Waals surface area contributed by atoms with Crippen LogP contribution in [0.1, 0.15) is 10.4 Å². The summed E-state index contributed by atoms with van der Waals surface area (Å²) >= 11 is 13.3. The van der Waals surface area contributed by atoms with Crippen molar-refractivity contribution in [2.45, 2.75) is 0 Å². The topological polar surface area (TPSA) is 58.2 Å². The number of hydrogen-bond acceptors (Lipinski definition) is 3. The molecule has 0 aliphatic rings. The fraction of sp³-hybridized carbons (Fsp3) is 0. The summed E-state index contributed by atoms with van der Waals surface area (Å²) in [5.41, 5.74) is 2.10. The molecule has 0 saturated heterocycles. The first-order chi connectivity index (χ1) is 12.0. The van der Waals surface area contributed by atoms with Gasteiger partial charge in [0.25, 0.3) is 5.91 Å². The van der Waals surface area contributed by atoms with E-state index in [2.05, 4.69) is 10.6 Å². The molecule has 0 aliphatic carbocycles. The van der Waals surface area contributed by atoms with Gasteiger partial charge in [0, 0.05) is 5.38 Å². The molecule has 3 rings (SSSR count). The van der Waals surface area contributed by atoms with Gasteiger partial charge in [0.05, 0.1) is 20.6 Å². The molecule has 3 aromatic rings. The van der Waals surface area contributed by atoms with Gasteiger partial charge in [-0.1, -0.05) is 59.6 Å². The van der Waals surface area contributed by atoms with Gasteiger partial charge in [0.1, 0.15) is 0 Å². The maximum atomic E-state index is 12.2. The lowest BCUT2D eigenvalue weighted by atomic mass is 10.1. The van der Waals surface area contributed by atoms with Gasteiger partial charge in [-0.3, -0.25) is 15.4 Å². The molecule has 0 saturated carbocycles. The highest BCUT2D eigenvalue weighted by Crippen LogP contribution is 2.29. The normalized spacial score (nSPS) is 10.3. The van der Waals surface area contributed by atoms with Crippen LogP contribution in [-0.2, 0) is 0 Å². The summed E-state index contributed by atoms with van der Waals surface area (Å²) in [6.45, 7) is 0. The first kappa shape index (κ1) is 17.5. The first-order valence-electron chi connectivity index (χ1n) is 7.25. The van der Waals surface area contributed by atoms with Crippen LogP contribution < -0.4 is 10.6 Å². The van der Waals surface area contributed by atoms with Crippen molar-refractivity contribution in [2.24, 2.45) is 0 Å². The number of rotatable bonds is 3. The summed E-state index contributed by atoms with van der Waals surface area (Å²) in [5, 5.41) is 7.77. The molecule has 0 fully saturated rings. The lowest BCUT2D eigenvalue weighted by Gasteiger charge is -2.07. The van der Waals surface area contributed by atoms with Crippen LogP contribution in [0.4, 0.5) is 9.80 Å². The summed E-state index contributed by atoms with van der Waals surface area (Å²) in [6, 6.07) is 15.7. The zero-order valence-electron chi connectivity index (χ0n) is 12.8. The van der Waals surface area contributed by atoms with E-state index in [0.717, 1.165) is 11.1 Å². The van der Waals surface area contributed by atoms with Crippen molar-refractivity contribution < 1.29 is 9.59 Å². The molecule has 1 aromatic heterocycles. The minimum atomic E-state index is -0.659. The first-order valence-corrected chi connectivity index (χ1v) is 8.88. The van der Waals surface area contributed by atoms with Gasteiger partial charge in [-0.2, -0.15) is 0 Å². The predicted octanol–water partition coefficient (Wildman–Crippen LogP) is 5.68. The molecule has 25 heavy (non-hydrogen) atoms. The quantitative estimate of drug-likeness (QED) is 0.603. The molecule has 1 heterocycles. The number of hydrogen-bond donors (Lipinski definition) is 2. The molecule has 2 N–H and O–H groups in total. The second-order valence-electron chi connectivity index (χ2n) is 5.07. The van der Waals surface area contributed by atoms with Crippen molar-refractivity contribution in [1.29, 1.82) is 0 Å². The Morgan fingerprint density at radius 1 is 0.880 bits per heavy atom. The van der Waals surface area contributed by atoms with E-state index in [4.69, 9.17) is 23.2 Å². The molecular weight excluding hydrogens is 379 g/mol. The summed E-state index contributed by atoms with van der Waals surface area (Å²) in [4.78, 5) is 24.2.